The lowest BCUT2D eigenvalue weighted by Gasteiger charge is -2.35. The van der Waals surface area contributed by atoms with E-state index in [1.54, 1.807) is 11.3 Å². The number of rotatable bonds is 4. The summed E-state index contributed by atoms with van der Waals surface area (Å²) in [7, 11) is 0. The van der Waals surface area contributed by atoms with Crippen molar-refractivity contribution in [1.29, 1.82) is 0 Å². The highest BCUT2D eigenvalue weighted by atomic mass is 35.5. The fourth-order valence-corrected chi connectivity index (χ4v) is 4.61. The largest absolute Gasteiger partial charge is 0.396 e. The van der Waals surface area contributed by atoms with Crippen molar-refractivity contribution in [3.8, 4) is 0 Å². The van der Waals surface area contributed by atoms with Crippen LogP contribution in [0.5, 0.6) is 0 Å². The average Bonchev–Trinajstić information content (AvgIpc) is 2.79. The number of hydrogen-bond acceptors (Lipinski definition) is 3. The van der Waals surface area contributed by atoms with Crippen LogP contribution in [0.2, 0.25) is 5.02 Å². The van der Waals surface area contributed by atoms with Gasteiger partial charge in [0.2, 0.25) is 0 Å². The third-order valence-electron chi connectivity index (χ3n) is 4.16. The Balaban J connectivity index is 1.82. The summed E-state index contributed by atoms with van der Waals surface area (Å²) in [5.41, 5.74) is 0. The van der Waals surface area contributed by atoms with Gasteiger partial charge in [0.15, 0.2) is 0 Å². The fraction of sp³-hybridized carbons (Fsp3) is 0.500. The smallest absolute Gasteiger partial charge is 0.0637 e. The Morgan fingerprint density at radius 1 is 1.30 bits per heavy atom. The second kappa shape index (κ2) is 6.44. The van der Waals surface area contributed by atoms with Gasteiger partial charge >= 0.3 is 0 Å². The Morgan fingerprint density at radius 3 is 2.95 bits per heavy atom. The maximum absolute atomic E-state index is 9.22. The summed E-state index contributed by atoms with van der Waals surface area (Å²) < 4.78 is 1.27. The van der Waals surface area contributed by atoms with E-state index in [4.69, 9.17) is 11.6 Å². The lowest BCUT2D eigenvalue weighted by Crippen LogP contribution is -2.39. The molecule has 2 nitrogen and oxygen atoms in total. The van der Waals surface area contributed by atoms with Gasteiger partial charge in [-0.3, -0.25) is 4.90 Å². The zero-order chi connectivity index (χ0) is 13.9. The first-order chi connectivity index (χ1) is 9.79. The second-order valence-corrected chi connectivity index (χ2v) is 6.98. The van der Waals surface area contributed by atoms with Crippen molar-refractivity contribution >= 4 is 33.0 Å². The molecule has 20 heavy (non-hydrogen) atoms. The highest BCUT2D eigenvalue weighted by molar-refractivity contribution is 7.19. The first-order valence-corrected chi connectivity index (χ1v) is 8.50. The third kappa shape index (κ3) is 2.86. The van der Waals surface area contributed by atoms with E-state index >= 15 is 0 Å². The van der Waals surface area contributed by atoms with Gasteiger partial charge in [0, 0.05) is 34.2 Å². The molecule has 0 saturated carbocycles. The Bertz CT molecular complexity index is 581. The molecule has 1 atom stereocenters. The number of benzene rings is 1. The minimum atomic E-state index is 0.279. The summed E-state index contributed by atoms with van der Waals surface area (Å²) in [4.78, 5) is 3.76. The summed E-state index contributed by atoms with van der Waals surface area (Å²) in [6.07, 6.45) is 4.61. The Morgan fingerprint density at radius 2 is 2.15 bits per heavy atom. The number of halogens is 1. The Hall–Kier alpha value is -0.610. The lowest BCUT2D eigenvalue weighted by molar-refractivity contribution is 0.113. The van der Waals surface area contributed by atoms with Crippen molar-refractivity contribution < 1.29 is 5.11 Å². The van der Waals surface area contributed by atoms with Crippen molar-refractivity contribution in [3.63, 3.8) is 0 Å². The quantitative estimate of drug-likeness (QED) is 0.910. The van der Waals surface area contributed by atoms with Crippen LogP contribution in [-0.2, 0) is 6.54 Å². The van der Waals surface area contributed by atoms with E-state index in [0.29, 0.717) is 6.04 Å². The van der Waals surface area contributed by atoms with Crippen molar-refractivity contribution in [3.05, 3.63) is 34.2 Å². The van der Waals surface area contributed by atoms with Gasteiger partial charge in [-0.2, -0.15) is 0 Å². The van der Waals surface area contributed by atoms with Crippen LogP contribution in [0.4, 0.5) is 0 Å². The Kier molecular flexibility index (Phi) is 4.61. The number of aliphatic hydroxyl groups excluding tert-OH is 1. The molecule has 1 saturated heterocycles. The maximum atomic E-state index is 9.22. The van der Waals surface area contributed by atoms with E-state index in [9.17, 15) is 5.11 Å². The zero-order valence-corrected chi connectivity index (χ0v) is 13.1. The number of likely N-dealkylation sites (tertiary alicyclic amines) is 1. The van der Waals surface area contributed by atoms with Crippen LogP contribution in [0, 0.1) is 0 Å². The predicted molar refractivity (Wildman–Crippen MR) is 86.6 cm³/mol. The topological polar surface area (TPSA) is 23.5 Å². The van der Waals surface area contributed by atoms with Gasteiger partial charge in [0.25, 0.3) is 0 Å². The molecule has 0 bridgehead atoms. The number of thiophene rings is 1. The van der Waals surface area contributed by atoms with Crippen molar-refractivity contribution in [2.75, 3.05) is 13.2 Å². The molecule has 1 aromatic heterocycles. The summed E-state index contributed by atoms with van der Waals surface area (Å²) in [6, 6.07) is 8.85. The highest BCUT2D eigenvalue weighted by Crippen LogP contribution is 2.37. The molecule has 0 radical (unpaired) electrons. The lowest BCUT2D eigenvalue weighted by atomic mass is 9.99. The van der Waals surface area contributed by atoms with Crippen molar-refractivity contribution in [1.82, 2.24) is 4.90 Å². The van der Waals surface area contributed by atoms with Crippen LogP contribution in [0.25, 0.3) is 10.1 Å². The van der Waals surface area contributed by atoms with E-state index in [-0.39, 0.29) is 6.61 Å². The molecule has 1 N–H and O–H groups in total. The molecule has 4 heteroatoms. The number of nitrogens with zero attached hydrogens (tertiary/aromatic N) is 1. The molecule has 2 heterocycles. The van der Waals surface area contributed by atoms with Crippen LogP contribution < -0.4 is 0 Å². The molecule has 1 aliphatic heterocycles. The number of hydrogen-bond donors (Lipinski definition) is 1. The molecular weight excluding hydrogens is 290 g/mol. The zero-order valence-electron chi connectivity index (χ0n) is 11.5. The normalized spacial score (nSPS) is 20.6. The molecule has 1 aromatic carbocycles. The number of piperidine rings is 1. The molecular formula is C16H20ClNOS. The third-order valence-corrected chi connectivity index (χ3v) is 5.86. The summed E-state index contributed by atoms with van der Waals surface area (Å²) in [5, 5.41) is 11.3. The minimum absolute atomic E-state index is 0.279. The first kappa shape index (κ1) is 14.3. The molecule has 1 fully saturated rings. The van der Waals surface area contributed by atoms with Crippen molar-refractivity contribution in [2.45, 2.75) is 38.3 Å². The molecule has 0 amide bonds. The SMILES string of the molecule is OCCC1CCCCN1Cc1sc2ccccc2c1Cl. The average molecular weight is 310 g/mol. The monoisotopic (exact) mass is 309 g/mol. The molecule has 108 valence electrons. The van der Waals surface area contributed by atoms with Crippen LogP contribution >= 0.6 is 22.9 Å². The van der Waals surface area contributed by atoms with Crippen LogP contribution in [0.15, 0.2) is 24.3 Å². The number of aliphatic hydroxyl groups is 1. The van der Waals surface area contributed by atoms with Gasteiger partial charge in [-0.15, -0.1) is 11.3 Å². The molecule has 0 aliphatic carbocycles. The molecule has 3 rings (SSSR count). The van der Waals surface area contributed by atoms with Gasteiger partial charge in [-0.05, 0) is 31.9 Å². The number of fused-ring (bicyclic) bond motifs is 1. The van der Waals surface area contributed by atoms with Gasteiger partial charge in [-0.1, -0.05) is 36.2 Å². The summed E-state index contributed by atoms with van der Waals surface area (Å²) >= 11 is 8.34. The predicted octanol–water partition coefficient (Wildman–Crippen LogP) is 4.29. The van der Waals surface area contributed by atoms with Crippen LogP contribution in [0.1, 0.15) is 30.6 Å². The van der Waals surface area contributed by atoms with Crippen LogP contribution in [-0.4, -0.2) is 29.2 Å². The van der Waals surface area contributed by atoms with Crippen molar-refractivity contribution in [2.24, 2.45) is 0 Å². The van der Waals surface area contributed by atoms with Gasteiger partial charge in [-0.25, -0.2) is 0 Å². The Labute approximate surface area is 129 Å². The van der Waals surface area contributed by atoms with Gasteiger partial charge in [0.05, 0.1) is 5.02 Å². The molecule has 1 aliphatic rings. The molecule has 2 aromatic rings. The van der Waals surface area contributed by atoms with E-state index in [2.05, 4.69) is 23.1 Å². The summed E-state index contributed by atoms with van der Waals surface area (Å²) in [6.45, 7) is 2.32. The van der Waals surface area contributed by atoms with E-state index in [1.807, 2.05) is 6.07 Å². The van der Waals surface area contributed by atoms with E-state index in [0.717, 1.165) is 24.5 Å². The summed E-state index contributed by atoms with van der Waals surface area (Å²) in [5.74, 6) is 0. The van der Waals surface area contributed by atoms with Crippen LogP contribution in [0.3, 0.4) is 0 Å². The van der Waals surface area contributed by atoms with E-state index < -0.39 is 0 Å². The maximum Gasteiger partial charge on any atom is 0.0637 e. The second-order valence-electron chi connectivity index (χ2n) is 5.47. The van der Waals surface area contributed by atoms with Gasteiger partial charge < -0.3 is 5.11 Å². The van der Waals surface area contributed by atoms with E-state index in [1.165, 1.54) is 34.2 Å². The van der Waals surface area contributed by atoms with Gasteiger partial charge in [0.1, 0.15) is 0 Å². The fourth-order valence-electron chi connectivity index (χ4n) is 3.09. The molecule has 1 unspecified atom stereocenters. The molecule has 0 spiro atoms. The first-order valence-electron chi connectivity index (χ1n) is 7.30. The standard InChI is InChI=1S/C16H20ClNOS/c17-16-13-6-1-2-7-14(13)20-15(16)11-18-9-4-3-5-12(18)8-10-19/h1-2,6-7,12,19H,3-5,8-11H2. The highest BCUT2D eigenvalue weighted by Gasteiger charge is 2.23. The minimum Gasteiger partial charge on any atom is -0.396 e.